The zero-order valence-corrected chi connectivity index (χ0v) is 19.2. The van der Waals surface area contributed by atoms with Gasteiger partial charge in [-0.1, -0.05) is 64.5 Å². The van der Waals surface area contributed by atoms with E-state index >= 15 is 0 Å². The number of ether oxygens (including phenoxy) is 1. The lowest BCUT2D eigenvalue weighted by molar-refractivity contribution is -0.119. The number of anilines is 1. The number of carbonyl (C=O) groups is 1. The van der Waals surface area contributed by atoms with Crippen molar-refractivity contribution in [3.8, 4) is 0 Å². The van der Waals surface area contributed by atoms with Crippen molar-refractivity contribution < 1.29 is 17.9 Å². The first kappa shape index (κ1) is 23.0. The molecule has 0 radical (unpaired) electrons. The molecule has 8 heteroatoms. The highest BCUT2D eigenvalue weighted by atomic mass is 79.9. The second-order valence-electron chi connectivity index (χ2n) is 6.69. The summed E-state index contributed by atoms with van der Waals surface area (Å²) in [6.07, 6.45) is 0. The Morgan fingerprint density at radius 1 is 0.903 bits per heavy atom. The summed E-state index contributed by atoms with van der Waals surface area (Å²) in [6.45, 7) is 0.719. The van der Waals surface area contributed by atoms with Crippen LogP contribution in [0.2, 0.25) is 0 Å². The molecule has 0 saturated heterocycles. The topological polar surface area (TPSA) is 75.7 Å². The Balaban J connectivity index is 1.63. The fourth-order valence-electron chi connectivity index (χ4n) is 2.86. The normalized spacial score (nSPS) is 11.1. The third-order valence-corrected chi connectivity index (χ3v) is 6.73. The van der Waals surface area contributed by atoms with Gasteiger partial charge in [0.1, 0.15) is 6.54 Å². The van der Waals surface area contributed by atoms with Crippen LogP contribution in [0.4, 0.5) is 5.69 Å². The Morgan fingerprint density at radius 2 is 1.52 bits per heavy atom. The maximum atomic E-state index is 13.2. The minimum absolute atomic E-state index is 0.122. The Hall–Kier alpha value is -2.68. The second-order valence-corrected chi connectivity index (χ2v) is 9.47. The highest BCUT2D eigenvalue weighted by Gasteiger charge is 2.26. The molecule has 0 aliphatic rings. The van der Waals surface area contributed by atoms with Gasteiger partial charge in [0.25, 0.3) is 10.0 Å². The Morgan fingerprint density at radius 3 is 2.16 bits per heavy atom. The van der Waals surface area contributed by atoms with Crippen molar-refractivity contribution in [2.24, 2.45) is 0 Å². The molecule has 0 aliphatic carbocycles. The predicted octanol–water partition coefficient (Wildman–Crippen LogP) is 3.98. The lowest BCUT2D eigenvalue weighted by atomic mass is 10.2. The molecular formula is C23H23BrN2O4S. The van der Waals surface area contributed by atoms with E-state index in [9.17, 15) is 13.2 Å². The molecule has 3 rings (SSSR count). The van der Waals surface area contributed by atoms with Crippen LogP contribution >= 0.6 is 15.9 Å². The summed E-state index contributed by atoms with van der Waals surface area (Å²) in [7, 11) is -3.91. The van der Waals surface area contributed by atoms with Crippen LogP contribution < -0.4 is 9.62 Å². The average Bonchev–Trinajstić information content (AvgIpc) is 2.79. The van der Waals surface area contributed by atoms with E-state index in [2.05, 4.69) is 21.2 Å². The lowest BCUT2D eigenvalue weighted by Gasteiger charge is -2.24. The number of benzene rings is 3. The van der Waals surface area contributed by atoms with Crippen LogP contribution in [0.25, 0.3) is 0 Å². The van der Waals surface area contributed by atoms with Gasteiger partial charge in [0.15, 0.2) is 0 Å². The summed E-state index contributed by atoms with van der Waals surface area (Å²) in [6, 6.07) is 24.6. The highest BCUT2D eigenvalue weighted by molar-refractivity contribution is 9.10. The van der Waals surface area contributed by atoms with E-state index in [0.717, 1.165) is 14.3 Å². The Labute approximate surface area is 191 Å². The fraction of sp³-hybridized carbons (Fsp3) is 0.174. The number of hydrogen-bond acceptors (Lipinski definition) is 4. The van der Waals surface area contributed by atoms with E-state index in [0.29, 0.717) is 18.9 Å². The van der Waals surface area contributed by atoms with Gasteiger partial charge in [-0.15, -0.1) is 0 Å². The zero-order valence-electron chi connectivity index (χ0n) is 16.8. The Bertz CT molecular complexity index is 1080. The van der Waals surface area contributed by atoms with Gasteiger partial charge in [-0.25, -0.2) is 8.42 Å². The zero-order chi connectivity index (χ0) is 22.1. The van der Waals surface area contributed by atoms with Crippen LogP contribution in [0.5, 0.6) is 0 Å². The van der Waals surface area contributed by atoms with Gasteiger partial charge in [0, 0.05) is 11.0 Å². The molecule has 0 aliphatic heterocycles. The molecule has 3 aromatic rings. The van der Waals surface area contributed by atoms with Gasteiger partial charge in [-0.05, 0) is 42.0 Å². The van der Waals surface area contributed by atoms with Crippen LogP contribution in [0.3, 0.4) is 0 Å². The molecule has 0 atom stereocenters. The van der Waals surface area contributed by atoms with Crippen molar-refractivity contribution in [3.63, 3.8) is 0 Å². The van der Waals surface area contributed by atoms with Crippen LogP contribution in [0, 0.1) is 0 Å². The molecule has 0 heterocycles. The molecule has 6 nitrogen and oxygen atoms in total. The molecule has 1 amide bonds. The fourth-order valence-corrected chi connectivity index (χ4v) is 4.56. The number of sulfonamides is 1. The second kappa shape index (κ2) is 11.1. The number of rotatable bonds is 10. The standard InChI is InChI=1S/C23H23BrN2O4S/c24-20-11-13-21(14-12-20)26(31(28,29)22-9-5-2-6-10-22)17-23(27)25-15-16-30-18-19-7-3-1-4-8-19/h1-14H,15-18H2,(H,25,27). The molecule has 162 valence electrons. The van der Waals surface area contributed by atoms with Crippen molar-refractivity contribution >= 4 is 37.5 Å². The van der Waals surface area contributed by atoms with Gasteiger partial charge >= 0.3 is 0 Å². The predicted molar refractivity (Wildman–Crippen MR) is 124 cm³/mol. The van der Waals surface area contributed by atoms with Gasteiger partial charge in [-0.3, -0.25) is 9.10 Å². The molecular weight excluding hydrogens is 480 g/mol. The van der Waals surface area contributed by atoms with Crippen LogP contribution in [-0.4, -0.2) is 34.0 Å². The highest BCUT2D eigenvalue weighted by Crippen LogP contribution is 2.25. The van der Waals surface area contributed by atoms with Crippen molar-refractivity contribution in [3.05, 3.63) is 95.0 Å². The monoisotopic (exact) mass is 502 g/mol. The number of nitrogens with zero attached hydrogens (tertiary/aromatic N) is 1. The summed E-state index contributed by atoms with van der Waals surface area (Å²) in [5.41, 5.74) is 1.45. The van der Waals surface area contributed by atoms with E-state index in [4.69, 9.17) is 4.74 Å². The van der Waals surface area contributed by atoms with Gasteiger partial charge in [-0.2, -0.15) is 0 Å². The summed E-state index contributed by atoms with van der Waals surface area (Å²) in [4.78, 5) is 12.6. The van der Waals surface area contributed by atoms with E-state index < -0.39 is 15.9 Å². The SMILES string of the molecule is O=C(CN(c1ccc(Br)cc1)S(=O)(=O)c1ccccc1)NCCOCc1ccccc1. The van der Waals surface area contributed by atoms with Crippen molar-refractivity contribution in [1.29, 1.82) is 0 Å². The average molecular weight is 503 g/mol. The third kappa shape index (κ3) is 6.65. The molecule has 0 spiro atoms. The molecule has 0 aromatic heterocycles. The number of halogens is 1. The number of hydrogen-bond donors (Lipinski definition) is 1. The smallest absolute Gasteiger partial charge is 0.264 e. The summed E-state index contributed by atoms with van der Waals surface area (Å²) in [5, 5.41) is 2.72. The molecule has 0 saturated carbocycles. The number of amides is 1. The first-order chi connectivity index (χ1) is 15.0. The van der Waals surface area contributed by atoms with Crippen molar-refractivity contribution in [2.45, 2.75) is 11.5 Å². The molecule has 0 fully saturated rings. The van der Waals surface area contributed by atoms with Gasteiger partial charge < -0.3 is 10.1 Å². The molecule has 0 unspecified atom stereocenters. The number of carbonyl (C=O) groups excluding carboxylic acids is 1. The van der Waals surface area contributed by atoms with Gasteiger partial charge in [0.05, 0.1) is 23.8 Å². The van der Waals surface area contributed by atoms with Crippen LogP contribution in [0.1, 0.15) is 5.56 Å². The van der Waals surface area contributed by atoms with E-state index in [-0.39, 0.29) is 18.0 Å². The van der Waals surface area contributed by atoms with E-state index in [1.165, 1.54) is 12.1 Å². The molecule has 0 bridgehead atoms. The molecule has 31 heavy (non-hydrogen) atoms. The summed E-state index contributed by atoms with van der Waals surface area (Å²) >= 11 is 3.35. The number of nitrogens with one attached hydrogen (secondary N) is 1. The maximum absolute atomic E-state index is 13.2. The largest absolute Gasteiger partial charge is 0.375 e. The minimum atomic E-state index is -3.91. The quantitative estimate of drug-likeness (QED) is 0.425. The van der Waals surface area contributed by atoms with E-state index in [1.54, 1.807) is 42.5 Å². The van der Waals surface area contributed by atoms with Crippen LogP contribution in [0.15, 0.2) is 94.3 Å². The maximum Gasteiger partial charge on any atom is 0.264 e. The Kier molecular flexibility index (Phi) is 8.22. The first-order valence-electron chi connectivity index (χ1n) is 9.68. The van der Waals surface area contributed by atoms with Crippen molar-refractivity contribution in [1.82, 2.24) is 5.32 Å². The van der Waals surface area contributed by atoms with E-state index in [1.807, 2.05) is 30.3 Å². The van der Waals surface area contributed by atoms with Gasteiger partial charge in [0.2, 0.25) is 5.91 Å². The van der Waals surface area contributed by atoms with Crippen molar-refractivity contribution in [2.75, 3.05) is 24.0 Å². The minimum Gasteiger partial charge on any atom is -0.375 e. The van der Waals surface area contributed by atoms with Crippen LogP contribution in [-0.2, 0) is 26.2 Å². The molecule has 3 aromatic carbocycles. The summed E-state index contributed by atoms with van der Waals surface area (Å²) in [5.74, 6) is -0.411. The summed E-state index contributed by atoms with van der Waals surface area (Å²) < 4.78 is 33.9. The molecule has 1 N–H and O–H groups in total. The lowest BCUT2D eigenvalue weighted by Crippen LogP contribution is -2.41. The third-order valence-electron chi connectivity index (χ3n) is 4.41. The first-order valence-corrected chi connectivity index (χ1v) is 11.9.